The number of carbonyl (C=O) groups is 1. The van der Waals surface area contributed by atoms with Crippen LogP contribution in [0.15, 0.2) is 31.4 Å². The van der Waals surface area contributed by atoms with Crippen LogP contribution in [0.25, 0.3) is 11.4 Å². The molecular formula is C24H26F3N9O. The molecule has 3 aromatic rings. The second-order valence-corrected chi connectivity index (χ2v) is 9.19. The Kier molecular flexibility index (Phi) is 6.30. The van der Waals surface area contributed by atoms with Gasteiger partial charge in [0.2, 0.25) is 11.9 Å². The van der Waals surface area contributed by atoms with Gasteiger partial charge in [-0.05, 0) is 19.4 Å². The minimum atomic E-state index is -4.61. The van der Waals surface area contributed by atoms with E-state index in [-0.39, 0.29) is 29.3 Å². The molecule has 1 N–H and O–H groups in total. The third-order valence-corrected chi connectivity index (χ3v) is 6.50. The highest BCUT2D eigenvalue weighted by Crippen LogP contribution is 2.36. The Morgan fingerprint density at radius 3 is 2.73 bits per heavy atom. The molecule has 3 aromatic heterocycles. The van der Waals surface area contributed by atoms with Crippen molar-refractivity contribution in [2.24, 2.45) is 7.05 Å². The first kappa shape index (κ1) is 24.7. The van der Waals surface area contributed by atoms with Gasteiger partial charge in [0.15, 0.2) is 0 Å². The molecule has 0 bridgehead atoms. The van der Waals surface area contributed by atoms with E-state index in [1.54, 1.807) is 16.5 Å². The number of amides is 1. The van der Waals surface area contributed by atoms with Gasteiger partial charge in [0.05, 0.1) is 18.6 Å². The van der Waals surface area contributed by atoms with Crippen molar-refractivity contribution >= 4 is 17.7 Å². The molecule has 0 unspecified atom stereocenters. The lowest BCUT2D eigenvalue weighted by Gasteiger charge is -2.31. The van der Waals surface area contributed by atoms with E-state index >= 15 is 0 Å². The van der Waals surface area contributed by atoms with E-state index in [0.29, 0.717) is 44.8 Å². The van der Waals surface area contributed by atoms with Gasteiger partial charge in [-0.2, -0.15) is 13.2 Å². The molecule has 0 aliphatic carbocycles. The van der Waals surface area contributed by atoms with E-state index in [4.69, 9.17) is 0 Å². The zero-order chi connectivity index (χ0) is 26.3. The van der Waals surface area contributed by atoms with Crippen molar-refractivity contribution in [2.45, 2.75) is 38.5 Å². The molecule has 5 rings (SSSR count). The van der Waals surface area contributed by atoms with Gasteiger partial charge >= 0.3 is 6.18 Å². The average Bonchev–Trinajstić information content (AvgIpc) is 3.51. The third-order valence-electron chi connectivity index (χ3n) is 6.50. The number of anilines is 2. The van der Waals surface area contributed by atoms with Crippen LogP contribution in [0.1, 0.15) is 29.1 Å². The molecule has 5 heterocycles. The van der Waals surface area contributed by atoms with Gasteiger partial charge in [-0.1, -0.05) is 6.58 Å². The number of rotatable bonds is 5. The van der Waals surface area contributed by atoms with Crippen molar-refractivity contribution in [1.82, 2.24) is 34.4 Å². The highest BCUT2D eigenvalue weighted by molar-refractivity contribution is 5.87. The zero-order valence-corrected chi connectivity index (χ0v) is 20.5. The Balaban J connectivity index is 1.37. The minimum absolute atomic E-state index is 0.101. The molecule has 37 heavy (non-hydrogen) atoms. The first-order valence-electron chi connectivity index (χ1n) is 11.8. The molecule has 0 saturated carbocycles. The molecule has 194 valence electrons. The maximum absolute atomic E-state index is 13.6. The lowest BCUT2D eigenvalue weighted by Crippen LogP contribution is -2.37. The van der Waals surface area contributed by atoms with Crippen LogP contribution in [-0.4, -0.2) is 66.0 Å². The Morgan fingerprint density at radius 2 is 2.03 bits per heavy atom. The largest absolute Gasteiger partial charge is 0.420 e. The standard InChI is InChI=1S/C24H26F3N9O/c1-4-20(37)35-8-6-18-16(11-35)22(31-14(2)30-18)36-7-5-15(10-36)32-23-28-9-17(24(25,26)27)21(33-23)19-12-34(3)13-29-19/h4,9,12-13,15H,1,5-8,10-11H2,2-3H3,(H,28,32,33)/t15-/m1/s1. The molecule has 0 aromatic carbocycles. The Hall–Kier alpha value is -4.03. The Morgan fingerprint density at radius 1 is 1.22 bits per heavy atom. The molecule has 0 radical (unpaired) electrons. The number of imidazole rings is 1. The predicted molar refractivity (Wildman–Crippen MR) is 130 cm³/mol. The number of aryl methyl sites for hydroxylation is 2. The summed E-state index contributed by atoms with van der Waals surface area (Å²) in [6, 6.07) is -0.117. The SMILES string of the molecule is C=CC(=O)N1CCc2nc(C)nc(N3CC[C@@H](Nc4ncc(C(F)(F)F)c(-c5cn(C)cn5)n4)C3)c2C1. The maximum Gasteiger partial charge on any atom is 0.420 e. The van der Waals surface area contributed by atoms with E-state index in [0.717, 1.165) is 23.3 Å². The number of nitrogens with one attached hydrogen (secondary N) is 1. The van der Waals surface area contributed by atoms with Gasteiger partial charge < -0.3 is 19.7 Å². The van der Waals surface area contributed by atoms with Crippen LogP contribution in [-0.2, 0) is 31.0 Å². The van der Waals surface area contributed by atoms with E-state index in [1.807, 2.05) is 6.92 Å². The summed E-state index contributed by atoms with van der Waals surface area (Å²) in [6.07, 6.45) is 1.74. The van der Waals surface area contributed by atoms with Crippen molar-refractivity contribution in [2.75, 3.05) is 29.9 Å². The molecule has 1 amide bonds. The monoisotopic (exact) mass is 513 g/mol. The van der Waals surface area contributed by atoms with E-state index in [2.05, 4.69) is 41.7 Å². The molecule has 1 fully saturated rings. The average molecular weight is 514 g/mol. The predicted octanol–water partition coefficient (Wildman–Crippen LogP) is 2.76. The Bertz CT molecular complexity index is 1350. The second-order valence-electron chi connectivity index (χ2n) is 9.19. The molecule has 0 spiro atoms. The van der Waals surface area contributed by atoms with Crippen molar-refractivity contribution in [3.63, 3.8) is 0 Å². The number of aromatic nitrogens is 6. The summed E-state index contributed by atoms with van der Waals surface area (Å²) in [5.74, 6) is 1.39. The van der Waals surface area contributed by atoms with Gasteiger partial charge in [0.1, 0.15) is 28.6 Å². The van der Waals surface area contributed by atoms with Crippen molar-refractivity contribution in [3.8, 4) is 11.4 Å². The summed E-state index contributed by atoms with van der Waals surface area (Å²) in [5.41, 5.74) is 0.753. The van der Waals surface area contributed by atoms with Gasteiger partial charge in [0.25, 0.3) is 0 Å². The maximum atomic E-state index is 13.6. The fourth-order valence-electron chi connectivity index (χ4n) is 4.74. The summed E-state index contributed by atoms with van der Waals surface area (Å²) in [7, 11) is 1.68. The Labute approximate surface area is 211 Å². The van der Waals surface area contributed by atoms with Gasteiger partial charge in [-0.25, -0.2) is 24.9 Å². The highest BCUT2D eigenvalue weighted by Gasteiger charge is 2.36. The normalized spacial score (nSPS) is 17.6. The van der Waals surface area contributed by atoms with Crippen molar-refractivity contribution < 1.29 is 18.0 Å². The summed E-state index contributed by atoms with van der Waals surface area (Å²) < 4.78 is 42.4. The number of alkyl halides is 3. The first-order valence-corrected chi connectivity index (χ1v) is 11.8. The number of nitrogens with zero attached hydrogens (tertiary/aromatic N) is 8. The topological polar surface area (TPSA) is 105 Å². The van der Waals surface area contributed by atoms with Crippen LogP contribution in [0.4, 0.5) is 24.9 Å². The third kappa shape index (κ3) is 4.98. The van der Waals surface area contributed by atoms with Crippen LogP contribution in [0.3, 0.4) is 0 Å². The second kappa shape index (κ2) is 9.45. The molecule has 1 saturated heterocycles. The molecule has 2 aliphatic rings. The number of fused-ring (bicyclic) bond motifs is 1. The number of hydrogen-bond acceptors (Lipinski definition) is 8. The van der Waals surface area contributed by atoms with Gasteiger partial charge in [-0.3, -0.25) is 4.79 Å². The molecular weight excluding hydrogens is 487 g/mol. The van der Waals surface area contributed by atoms with Crippen LogP contribution >= 0.6 is 0 Å². The molecule has 10 nitrogen and oxygen atoms in total. The highest BCUT2D eigenvalue weighted by atomic mass is 19.4. The van der Waals surface area contributed by atoms with Crippen LogP contribution < -0.4 is 10.2 Å². The first-order chi connectivity index (χ1) is 17.6. The van der Waals surface area contributed by atoms with Crippen molar-refractivity contribution in [3.05, 3.63) is 54.0 Å². The molecule has 1 atom stereocenters. The lowest BCUT2D eigenvalue weighted by atomic mass is 10.1. The fraction of sp³-hybridized carbons (Fsp3) is 0.417. The van der Waals surface area contributed by atoms with E-state index in [1.165, 1.54) is 18.6 Å². The number of carbonyl (C=O) groups excluding carboxylic acids is 1. The fourth-order valence-corrected chi connectivity index (χ4v) is 4.74. The number of halogens is 3. The van der Waals surface area contributed by atoms with Gasteiger partial charge in [-0.15, -0.1) is 0 Å². The summed E-state index contributed by atoms with van der Waals surface area (Å²) in [6.45, 7) is 7.61. The van der Waals surface area contributed by atoms with Crippen LogP contribution in [0, 0.1) is 6.92 Å². The zero-order valence-electron chi connectivity index (χ0n) is 20.5. The quantitative estimate of drug-likeness (QED) is 0.520. The lowest BCUT2D eigenvalue weighted by molar-refractivity contribution is -0.137. The van der Waals surface area contributed by atoms with Crippen LogP contribution in [0.2, 0.25) is 0 Å². The van der Waals surface area contributed by atoms with Crippen molar-refractivity contribution in [1.29, 1.82) is 0 Å². The smallest absolute Gasteiger partial charge is 0.354 e. The summed E-state index contributed by atoms with van der Waals surface area (Å²) >= 11 is 0. The van der Waals surface area contributed by atoms with E-state index < -0.39 is 11.7 Å². The summed E-state index contributed by atoms with van der Waals surface area (Å²) in [5, 5.41) is 3.18. The molecule has 13 heteroatoms. The molecule has 2 aliphatic heterocycles. The number of hydrogen-bond donors (Lipinski definition) is 1. The van der Waals surface area contributed by atoms with E-state index in [9.17, 15) is 18.0 Å². The van der Waals surface area contributed by atoms with Gasteiger partial charge in [0, 0.05) is 57.1 Å². The van der Waals surface area contributed by atoms with Crippen LogP contribution in [0.5, 0.6) is 0 Å². The summed E-state index contributed by atoms with van der Waals surface area (Å²) in [4.78, 5) is 37.5. The minimum Gasteiger partial charge on any atom is -0.354 e.